The van der Waals surface area contributed by atoms with Crippen molar-refractivity contribution in [3.05, 3.63) is 30.3 Å². The van der Waals surface area contributed by atoms with E-state index >= 15 is 0 Å². The van der Waals surface area contributed by atoms with Gasteiger partial charge in [-0.25, -0.2) is 5.48 Å². The Hall–Kier alpha value is -1.55. The van der Waals surface area contributed by atoms with Gasteiger partial charge in [-0.2, -0.15) is 0 Å². The Morgan fingerprint density at radius 3 is 2.47 bits per heavy atom. The van der Waals surface area contributed by atoms with Crippen LogP contribution in [0.15, 0.2) is 35.3 Å². The molecule has 82 valence electrons. The lowest BCUT2D eigenvalue weighted by atomic mass is 10.3. The van der Waals surface area contributed by atoms with Gasteiger partial charge in [0.15, 0.2) is 0 Å². The van der Waals surface area contributed by atoms with Crippen LogP contribution in [0.5, 0.6) is 0 Å². The highest BCUT2D eigenvalue weighted by molar-refractivity contribution is 5.95. The van der Waals surface area contributed by atoms with Crippen molar-refractivity contribution in [2.75, 3.05) is 18.0 Å². The third kappa shape index (κ3) is 2.95. The molecule has 0 aliphatic carbocycles. The number of benzene rings is 1. The SMILES string of the molecule is CCN=C(NO)N(CC)c1ccccc1. The van der Waals surface area contributed by atoms with Crippen molar-refractivity contribution in [1.29, 1.82) is 0 Å². The first kappa shape index (κ1) is 11.5. The van der Waals surface area contributed by atoms with Gasteiger partial charge in [0, 0.05) is 18.8 Å². The molecule has 0 aliphatic heterocycles. The number of anilines is 1. The molecule has 0 saturated carbocycles. The molecular weight excluding hydrogens is 190 g/mol. The summed E-state index contributed by atoms with van der Waals surface area (Å²) in [6.07, 6.45) is 0. The summed E-state index contributed by atoms with van der Waals surface area (Å²) in [6.45, 7) is 5.31. The Labute approximate surface area is 90.2 Å². The molecule has 0 radical (unpaired) electrons. The van der Waals surface area contributed by atoms with Crippen LogP contribution >= 0.6 is 0 Å². The minimum Gasteiger partial charge on any atom is -0.311 e. The Balaban J connectivity index is 2.93. The monoisotopic (exact) mass is 207 g/mol. The molecule has 0 atom stereocenters. The number of hydroxylamine groups is 1. The fraction of sp³-hybridized carbons (Fsp3) is 0.364. The zero-order valence-electron chi connectivity index (χ0n) is 9.14. The van der Waals surface area contributed by atoms with Gasteiger partial charge in [-0.3, -0.25) is 10.2 Å². The van der Waals surface area contributed by atoms with E-state index in [9.17, 15) is 0 Å². The van der Waals surface area contributed by atoms with E-state index in [-0.39, 0.29) is 0 Å². The summed E-state index contributed by atoms with van der Waals surface area (Å²) in [5.74, 6) is 0.478. The summed E-state index contributed by atoms with van der Waals surface area (Å²) in [5.41, 5.74) is 3.14. The maximum Gasteiger partial charge on any atom is 0.222 e. The van der Waals surface area contributed by atoms with Gasteiger partial charge in [-0.05, 0) is 26.0 Å². The third-order valence-electron chi connectivity index (χ3n) is 2.05. The zero-order valence-corrected chi connectivity index (χ0v) is 9.14. The second kappa shape index (κ2) is 6.03. The molecule has 0 aromatic heterocycles. The van der Waals surface area contributed by atoms with E-state index in [1.807, 2.05) is 49.1 Å². The van der Waals surface area contributed by atoms with Crippen LogP contribution in [0, 0.1) is 0 Å². The molecule has 15 heavy (non-hydrogen) atoms. The van der Waals surface area contributed by atoms with E-state index in [0.29, 0.717) is 12.5 Å². The van der Waals surface area contributed by atoms with Crippen molar-refractivity contribution in [3.8, 4) is 0 Å². The van der Waals surface area contributed by atoms with Crippen LogP contribution in [0.2, 0.25) is 0 Å². The molecule has 0 bridgehead atoms. The minimum atomic E-state index is 0.478. The molecule has 0 unspecified atom stereocenters. The van der Waals surface area contributed by atoms with Crippen LogP contribution in [0.25, 0.3) is 0 Å². The van der Waals surface area contributed by atoms with Gasteiger partial charge in [0.05, 0.1) is 0 Å². The minimum absolute atomic E-state index is 0.478. The van der Waals surface area contributed by atoms with Crippen LogP contribution < -0.4 is 10.4 Å². The van der Waals surface area contributed by atoms with Crippen LogP contribution in [0.1, 0.15) is 13.8 Å². The van der Waals surface area contributed by atoms with Gasteiger partial charge in [-0.15, -0.1) is 0 Å². The molecule has 0 fully saturated rings. The number of guanidine groups is 1. The van der Waals surface area contributed by atoms with E-state index < -0.39 is 0 Å². The highest BCUT2D eigenvalue weighted by Gasteiger charge is 2.09. The molecule has 1 aromatic carbocycles. The molecule has 1 rings (SSSR count). The maximum absolute atomic E-state index is 9.00. The topological polar surface area (TPSA) is 47.9 Å². The first-order valence-corrected chi connectivity index (χ1v) is 5.10. The smallest absolute Gasteiger partial charge is 0.222 e. The molecule has 0 saturated heterocycles. The molecule has 0 amide bonds. The summed E-state index contributed by atoms with van der Waals surface area (Å²) in [5, 5.41) is 9.00. The van der Waals surface area contributed by atoms with E-state index in [1.54, 1.807) is 0 Å². The van der Waals surface area contributed by atoms with Crippen LogP contribution in [-0.2, 0) is 0 Å². The lowest BCUT2D eigenvalue weighted by Crippen LogP contribution is -2.40. The predicted octanol–water partition coefficient (Wildman–Crippen LogP) is 1.87. The van der Waals surface area contributed by atoms with Crippen molar-refractivity contribution >= 4 is 11.6 Å². The van der Waals surface area contributed by atoms with Gasteiger partial charge < -0.3 is 4.90 Å². The lowest BCUT2D eigenvalue weighted by Gasteiger charge is -2.23. The van der Waals surface area contributed by atoms with Crippen molar-refractivity contribution in [1.82, 2.24) is 5.48 Å². The molecular formula is C11H17N3O. The van der Waals surface area contributed by atoms with Crippen LogP contribution in [0.3, 0.4) is 0 Å². The standard InChI is InChI=1S/C11H17N3O/c1-3-12-11(13-15)14(4-2)10-8-6-5-7-9-10/h5-9,15H,3-4H2,1-2H3,(H,12,13). The lowest BCUT2D eigenvalue weighted by molar-refractivity contribution is 0.231. The Morgan fingerprint density at radius 1 is 1.33 bits per heavy atom. The molecule has 1 aromatic rings. The second-order valence-electron chi connectivity index (χ2n) is 2.99. The number of nitrogens with zero attached hydrogens (tertiary/aromatic N) is 2. The van der Waals surface area contributed by atoms with Gasteiger partial charge in [0.1, 0.15) is 0 Å². The Morgan fingerprint density at radius 2 is 2.00 bits per heavy atom. The van der Waals surface area contributed by atoms with E-state index in [2.05, 4.69) is 10.5 Å². The normalized spacial score (nSPS) is 11.3. The summed E-state index contributed by atoms with van der Waals surface area (Å²) in [7, 11) is 0. The van der Waals surface area contributed by atoms with Gasteiger partial charge in [0.25, 0.3) is 0 Å². The Bertz CT molecular complexity index is 311. The quantitative estimate of drug-likeness (QED) is 0.452. The maximum atomic E-state index is 9.00. The summed E-state index contributed by atoms with van der Waals surface area (Å²) in [4.78, 5) is 6.08. The third-order valence-corrected chi connectivity index (χ3v) is 2.05. The number of hydrogen-bond acceptors (Lipinski definition) is 2. The molecule has 4 nitrogen and oxygen atoms in total. The second-order valence-corrected chi connectivity index (χ2v) is 2.99. The predicted molar refractivity (Wildman–Crippen MR) is 62.4 cm³/mol. The van der Waals surface area contributed by atoms with E-state index in [0.717, 1.165) is 12.2 Å². The number of nitrogens with one attached hydrogen (secondary N) is 1. The van der Waals surface area contributed by atoms with Crippen molar-refractivity contribution in [3.63, 3.8) is 0 Å². The van der Waals surface area contributed by atoms with Crippen LogP contribution in [0.4, 0.5) is 5.69 Å². The zero-order chi connectivity index (χ0) is 11.1. The summed E-state index contributed by atoms with van der Waals surface area (Å²) in [6, 6.07) is 9.83. The average molecular weight is 207 g/mol. The Kier molecular flexibility index (Phi) is 4.63. The molecule has 0 spiro atoms. The van der Waals surface area contributed by atoms with Crippen LogP contribution in [-0.4, -0.2) is 24.3 Å². The summed E-state index contributed by atoms with van der Waals surface area (Å²) >= 11 is 0. The number of para-hydroxylation sites is 1. The van der Waals surface area contributed by atoms with Crippen molar-refractivity contribution in [2.45, 2.75) is 13.8 Å². The molecule has 2 N–H and O–H groups in total. The fourth-order valence-electron chi connectivity index (χ4n) is 1.39. The van der Waals surface area contributed by atoms with Gasteiger partial charge in [0.2, 0.25) is 5.96 Å². The van der Waals surface area contributed by atoms with E-state index in [1.165, 1.54) is 0 Å². The van der Waals surface area contributed by atoms with Gasteiger partial charge in [-0.1, -0.05) is 18.2 Å². The summed E-state index contributed by atoms with van der Waals surface area (Å²) < 4.78 is 0. The fourth-order valence-corrected chi connectivity index (χ4v) is 1.39. The molecule has 0 heterocycles. The number of hydrogen-bond donors (Lipinski definition) is 2. The highest BCUT2D eigenvalue weighted by Crippen LogP contribution is 2.12. The molecule has 4 heteroatoms. The van der Waals surface area contributed by atoms with Crippen molar-refractivity contribution in [2.24, 2.45) is 4.99 Å². The first-order valence-electron chi connectivity index (χ1n) is 5.10. The van der Waals surface area contributed by atoms with E-state index in [4.69, 9.17) is 5.21 Å². The number of aliphatic imine (C=N–C) groups is 1. The largest absolute Gasteiger partial charge is 0.311 e. The average Bonchev–Trinajstić information content (AvgIpc) is 2.30. The molecule has 0 aliphatic rings. The first-order chi connectivity index (χ1) is 7.33. The van der Waals surface area contributed by atoms with Crippen molar-refractivity contribution < 1.29 is 5.21 Å². The number of rotatable bonds is 3. The highest BCUT2D eigenvalue weighted by atomic mass is 16.5. The van der Waals surface area contributed by atoms with Gasteiger partial charge >= 0.3 is 0 Å².